The van der Waals surface area contributed by atoms with Crippen LogP contribution in [0.15, 0.2) is 66.5 Å². The van der Waals surface area contributed by atoms with Crippen molar-refractivity contribution in [3.63, 3.8) is 0 Å². The number of fused-ring (bicyclic) bond motifs is 6. The molecule has 9 rings (SSSR count). The number of nitrogens with one attached hydrogen (secondary N) is 5. The van der Waals surface area contributed by atoms with Gasteiger partial charge in [-0.1, -0.05) is 96.5 Å². The molecule has 3 fully saturated rings. The quantitative estimate of drug-likeness (QED) is 0.0205. The zero-order valence-corrected chi connectivity index (χ0v) is 57.8. The predicted molar refractivity (Wildman–Crippen MR) is 353 cm³/mol. The number of hydrogen-bond acceptors (Lipinski definition) is 30. The fourth-order valence-corrected chi connectivity index (χ4v) is 13.9. The molecule has 0 bridgehead atoms. The lowest BCUT2D eigenvalue weighted by Crippen LogP contribution is -2.71. The number of nitrogens with zero attached hydrogens (tertiary/aromatic N) is 1. The number of carbonyl (C=O) groups is 7. The number of amides is 5. The summed E-state index contributed by atoms with van der Waals surface area (Å²) in [5.74, 6) is -6.32. The van der Waals surface area contributed by atoms with Gasteiger partial charge in [0.25, 0.3) is 5.91 Å². The summed E-state index contributed by atoms with van der Waals surface area (Å²) in [4.78, 5) is 103. The molecule has 0 radical (unpaired) electrons. The SMILES string of the molecule is CCCCCCCCCCCCCCCCO[C@H](COP(=O)(O)O[C@H]1OC(C(N)=O)[C@@H](O)[C@H](OC(N)=O)C1O[C@@H]1OC(CO)[C@@H](O[C@@H]2OC(CO)[C@H](O)[C@H](O)C2NC(=O)CN2C=C(CNC(=O)c3ccc4c(c3)C(=O)OC43c4ccc(O)cc4Oc4cc(O)ccc43)NN2)[C@H](O)C1NC(C)=O)C(=O)O. The predicted octanol–water partition coefficient (Wildman–Crippen LogP) is -0.0415. The summed E-state index contributed by atoms with van der Waals surface area (Å²) in [5, 5.41) is 106. The number of phosphoric acid groups is 1. The Morgan fingerprint density at radius 3 is 1.86 bits per heavy atom. The number of carboxylic acids is 1. The molecule has 17 atom stereocenters. The number of carboxylic acid groups (broad SMARTS) is 1. The van der Waals surface area contributed by atoms with Gasteiger partial charge >= 0.3 is 25.9 Å². The van der Waals surface area contributed by atoms with E-state index in [1.165, 1.54) is 111 Å². The highest BCUT2D eigenvalue weighted by Gasteiger charge is 2.59. The number of phosphoric ester groups is 1. The van der Waals surface area contributed by atoms with Crippen LogP contribution in [0.5, 0.6) is 23.0 Å². The van der Waals surface area contributed by atoms with E-state index in [1.54, 1.807) is 0 Å². The molecular formula is C66H91N8O29P. The van der Waals surface area contributed by atoms with Crippen molar-refractivity contribution in [3.8, 4) is 23.0 Å². The van der Waals surface area contributed by atoms with Crippen molar-refractivity contribution in [2.45, 2.75) is 207 Å². The van der Waals surface area contributed by atoms with E-state index < -0.39 is 180 Å². The van der Waals surface area contributed by atoms with Crippen molar-refractivity contribution in [3.05, 3.63) is 94.3 Å². The summed E-state index contributed by atoms with van der Waals surface area (Å²) in [5.41, 5.74) is 16.2. The number of esters is 1. The fourth-order valence-electron chi connectivity index (χ4n) is 13.1. The standard InChI is InChI=1S/C66H91N8O29P/c1-3-4-5-6-7-8-9-10-11-12-13-14-15-16-23-93-46(60(87)88)32-94-104(91,92)103-64-57(55(101-65(68)90)53(84)56(99-64)58(67)85)100-63-49(70-33(2)77)52(83)54(45(31-76)97-63)98-62-48(51(82)50(81)44(30-75)96-62)71-47(80)29-74-28-35(72-73-74)27-69-59(86)34-17-20-39-38(24-34)61(89)102-66(39)40-21-18-36(78)25-42(40)95-43-26-37(79)19-22-41(43)66/h17-22,24-26,28,44-46,48-57,62-64,72-73,75-76,78-79,81-84H,3-16,23,27,29-32H2,1-2H3,(H2,67,85)(H2,68,90)(H,69,86)(H,70,77)(H,71,80)(H,87,88)(H,91,92)/t44?,45?,46-,48?,49?,50+,51-,52-,53+,54-,55+,56?,57?,62+,63+,64-/m1/s1. The van der Waals surface area contributed by atoms with Gasteiger partial charge < -0.3 is 126 Å². The van der Waals surface area contributed by atoms with Crippen molar-refractivity contribution in [2.75, 3.05) is 39.5 Å². The monoisotopic (exact) mass is 1490 g/mol. The van der Waals surface area contributed by atoms with E-state index in [-0.39, 0.29) is 53.0 Å². The summed E-state index contributed by atoms with van der Waals surface area (Å²) in [6.07, 6.45) is -14.7. The summed E-state index contributed by atoms with van der Waals surface area (Å²) in [6.45, 7) is -0.948. The van der Waals surface area contributed by atoms with E-state index in [1.807, 2.05) is 0 Å². The molecule has 6 aliphatic heterocycles. The van der Waals surface area contributed by atoms with Gasteiger partial charge in [0.1, 0.15) is 84.4 Å². The third kappa shape index (κ3) is 19.6. The number of nitrogens with two attached hydrogens (primary N) is 2. The number of ether oxygens (including phenoxy) is 9. The number of carbonyl (C=O) groups excluding carboxylic acids is 6. The highest BCUT2D eigenvalue weighted by Crippen LogP contribution is 2.57. The van der Waals surface area contributed by atoms with Crippen LogP contribution in [0, 0.1) is 0 Å². The summed E-state index contributed by atoms with van der Waals surface area (Å²) in [6, 6.07) is 9.12. The lowest BCUT2D eigenvalue weighted by molar-refractivity contribution is -0.357. The van der Waals surface area contributed by atoms with Crippen LogP contribution in [0.25, 0.3) is 0 Å². The van der Waals surface area contributed by atoms with Crippen LogP contribution < -0.4 is 43.1 Å². The van der Waals surface area contributed by atoms with Crippen LogP contribution in [0.2, 0.25) is 0 Å². The number of phenols is 2. The molecule has 3 aromatic carbocycles. The Morgan fingerprint density at radius 1 is 0.702 bits per heavy atom. The van der Waals surface area contributed by atoms with Gasteiger partial charge in [0.2, 0.25) is 17.7 Å². The lowest BCUT2D eigenvalue weighted by Gasteiger charge is -2.49. The first-order valence-corrected chi connectivity index (χ1v) is 35.7. The van der Waals surface area contributed by atoms with Gasteiger partial charge in [0.15, 0.2) is 48.9 Å². The van der Waals surface area contributed by atoms with Gasteiger partial charge in [0.05, 0.1) is 37.6 Å². The van der Waals surface area contributed by atoms with Crippen LogP contribution >= 0.6 is 7.82 Å². The number of phenolic OH excluding ortho intramolecular Hbond substituents is 2. The van der Waals surface area contributed by atoms with Crippen molar-refractivity contribution in [1.82, 2.24) is 31.9 Å². The molecule has 6 heterocycles. The lowest BCUT2D eigenvalue weighted by atomic mass is 9.77. The average Bonchev–Trinajstić information content (AvgIpc) is 1.50. The molecule has 574 valence electrons. The minimum Gasteiger partial charge on any atom is -0.508 e. The number of hydrazine groups is 2. The average molecular weight is 1490 g/mol. The third-order valence-electron chi connectivity index (χ3n) is 18.2. The second-order valence-electron chi connectivity index (χ2n) is 25.8. The first-order chi connectivity index (χ1) is 49.7. The zero-order valence-electron chi connectivity index (χ0n) is 56.9. The van der Waals surface area contributed by atoms with Gasteiger partial charge in [-0.2, -0.15) is 0 Å². The van der Waals surface area contributed by atoms with Gasteiger partial charge in [-0.3, -0.25) is 33.2 Å². The molecule has 37 nitrogen and oxygen atoms in total. The number of unbranched alkanes of at least 4 members (excludes halogenated alkanes) is 13. The molecule has 38 heteroatoms. The molecule has 0 aliphatic carbocycles. The van der Waals surface area contributed by atoms with Crippen LogP contribution in [-0.4, -0.2) is 235 Å². The minimum atomic E-state index is -5.66. The molecule has 3 saturated heterocycles. The number of aromatic hydroxyl groups is 2. The van der Waals surface area contributed by atoms with Crippen LogP contribution in [-0.2, 0) is 76.3 Å². The number of benzene rings is 3. The van der Waals surface area contributed by atoms with Gasteiger partial charge in [0, 0.05) is 54.1 Å². The van der Waals surface area contributed by atoms with Crippen molar-refractivity contribution in [2.24, 2.45) is 11.5 Å². The number of aliphatic hydroxyl groups is 6. The van der Waals surface area contributed by atoms with Gasteiger partial charge in [-0.15, -0.1) is 5.53 Å². The first-order valence-electron chi connectivity index (χ1n) is 34.2. The number of aliphatic carboxylic acids is 1. The van der Waals surface area contributed by atoms with Crippen LogP contribution in [0.3, 0.4) is 0 Å². The minimum absolute atomic E-state index is 0.0414. The topological polar surface area (TPSA) is 556 Å². The van der Waals surface area contributed by atoms with E-state index in [4.69, 9.17) is 63.1 Å². The molecule has 7 unspecified atom stereocenters. The molecule has 104 heavy (non-hydrogen) atoms. The third-order valence-corrected chi connectivity index (χ3v) is 19.2. The van der Waals surface area contributed by atoms with Crippen molar-refractivity contribution in [1.29, 1.82) is 0 Å². The maximum absolute atomic E-state index is 13.9. The second-order valence-corrected chi connectivity index (χ2v) is 27.2. The van der Waals surface area contributed by atoms with Crippen molar-refractivity contribution >= 4 is 49.5 Å². The molecule has 19 N–H and O–H groups in total. The highest BCUT2D eigenvalue weighted by molar-refractivity contribution is 7.47. The number of hydrogen-bond donors (Lipinski definition) is 17. The summed E-state index contributed by atoms with van der Waals surface area (Å²) in [7, 11) is -5.66. The second kappa shape index (κ2) is 36.4. The number of rotatable bonds is 37. The van der Waals surface area contributed by atoms with E-state index in [0.717, 1.165) is 39.0 Å². The molecule has 0 saturated carbocycles. The Labute approximate surface area is 595 Å². The number of aliphatic hydroxyl groups excluding tert-OH is 6. The smallest absolute Gasteiger partial charge is 0.474 e. The van der Waals surface area contributed by atoms with E-state index >= 15 is 0 Å². The Bertz CT molecular complexity index is 3540. The number of primary amides is 2. The Balaban J connectivity index is 0.826. The van der Waals surface area contributed by atoms with Gasteiger partial charge in [-0.25, -0.2) is 18.9 Å². The van der Waals surface area contributed by atoms with E-state index in [0.29, 0.717) is 29.5 Å². The largest absolute Gasteiger partial charge is 0.508 e. The van der Waals surface area contributed by atoms with Crippen LogP contribution in [0.1, 0.15) is 141 Å². The molecule has 1 spiro atoms. The summed E-state index contributed by atoms with van der Waals surface area (Å²) >= 11 is 0. The van der Waals surface area contributed by atoms with Gasteiger partial charge in [-0.05, 0) is 42.8 Å². The molecule has 3 aromatic rings. The maximum Gasteiger partial charge on any atom is 0.474 e. The molecule has 0 aromatic heterocycles. The Hall–Kier alpha value is -7.92. The summed E-state index contributed by atoms with van der Waals surface area (Å²) < 4.78 is 76.2. The normalized spacial score (nSPS) is 27.5. The molecule has 5 amide bonds. The highest BCUT2D eigenvalue weighted by atomic mass is 31.2. The zero-order chi connectivity index (χ0) is 75.2. The van der Waals surface area contributed by atoms with E-state index in [9.17, 15) is 89.0 Å². The Kier molecular flexibility index (Phi) is 28.1. The first kappa shape index (κ1) is 80.2. The fraction of sp³-hybridized carbons (Fsp3) is 0.591. The molecular weight excluding hydrogens is 1400 g/mol. The maximum atomic E-state index is 13.9. The van der Waals surface area contributed by atoms with Crippen LogP contribution in [0.4, 0.5) is 4.79 Å². The van der Waals surface area contributed by atoms with Crippen molar-refractivity contribution < 1.29 is 141 Å². The Morgan fingerprint density at radius 2 is 1.28 bits per heavy atom. The molecule has 6 aliphatic rings. The van der Waals surface area contributed by atoms with E-state index in [2.05, 4.69) is 33.8 Å².